The van der Waals surface area contributed by atoms with Crippen molar-refractivity contribution in [3.63, 3.8) is 0 Å². The molecule has 0 spiro atoms. The number of halogens is 2. The summed E-state index contributed by atoms with van der Waals surface area (Å²) in [6, 6.07) is 15.4. The van der Waals surface area contributed by atoms with Gasteiger partial charge in [0.15, 0.2) is 0 Å². The summed E-state index contributed by atoms with van der Waals surface area (Å²) in [5.74, 6) is 0. The van der Waals surface area contributed by atoms with Gasteiger partial charge in [0.2, 0.25) is 0 Å². The van der Waals surface area contributed by atoms with Crippen molar-refractivity contribution in [1.29, 1.82) is 0 Å². The molecule has 1 N–H and O–H groups in total. The zero-order valence-corrected chi connectivity index (χ0v) is 15.0. The van der Waals surface area contributed by atoms with Gasteiger partial charge in [-0.1, -0.05) is 69.1 Å². The van der Waals surface area contributed by atoms with Crippen molar-refractivity contribution in [2.24, 2.45) is 0 Å². The second-order valence-corrected chi connectivity index (χ2v) is 6.62. The van der Waals surface area contributed by atoms with Gasteiger partial charge < -0.3 is 5.32 Å². The van der Waals surface area contributed by atoms with Gasteiger partial charge in [0.25, 0.3) is 0 Å². The molecule has 0 aliphatic carbocycles. The highest BCUT2D eigenvalue weighted by Gasteiger charge is 2.13. The van der Waals surface area contributed by atoms with Crippen LogP contribution in [0.4, 0.5) is 0 Å². The fraction of sp³-hybridized carbons (Fsp3) is 0.294. The predicted octanol–water partition coefficient (Wildman–Crippen LogP) is 5.41. The second kappa shape index (κ2) is 7.39. The first-order valence-corrected chi connectivity index (χ1v) is 8.43. The average Bonchev–Trinajstić information content (AvgIpc) is 2.44. The Labute approximate surface area is 138 Å². The molecule has 2 aromatic carbocycles. The first kappa shape index (κ1) is 15.7. The Bertz CT molecular complexity index is 581. The van der Waals surface area contributed by atoms with Gasteiger partial charge in [-0.05, 0) is 48.7 Å². The first-order chi connectivity index (χ1) is 9.61. The summed E-state index contributed by atoms with van der Waals surface area (Å²) in [5, 5.41) is 3.59. The van der Waals surface area contributed by atoms with Crippen LogP contribution in [0.15, 0.2) is 51.4 Å². The monoisotopic (exact) mass is 395 g/mol. The Morgan fingerprint density at radius 2 is 1.80 bits per heavy atom. The van der Waals surface area contributed by atoms with Crippen molar-refractivity contribution < 1.29 is 0 Å². The van der Waals surface area contributed by atoms with Crippen molar-refractivity contribution in [1.82, 2.24) is 5.32 Å². The number of hydrogen-bond donors (Lipinski definition) is 1. The van der Waals surface area contributed by atoms with Gasteiger partial charge in [0.05, 0.1) is 0 Å². The molecule has 0 aliphatic heterocycles. The van der Waals surface area contributed by atoms with Crippen molar-refractivity contribution >= 4 is 31.9 Å². The molecule has 2 rings (SSSR count). The maximum atomic E-state index is 3.64. The van der Waals surface area contributed by atoms with Crippen molar-refractivity contribution in [3.05, 3.63) is 68.1 Å². The normalized spacial score (nSPS) is 12.4. The molecule has 0 saturated heterocycles. The molecule has 1 unspecified atom stereocenters. The molecule has 2 aromatic rings. The molecule has 1 nitrogen and oxygen atoms in total. The maximum absolute atomic E-state index is 3.64. The van der Waals surface area contributed by atoms with Crippen LogP contribution in [0.1, 0.15) is 29.7 Å². The summed E-state index contributed by atoms with van der Waals surface area (Å²) in [7, 11) is 0. The van der Waals surface area contributed by atoms with Crippen LogP contribution in [0, 0.1) is 6.92 Å². The number of aryl methyl sites for hydroxylation is 1. The summed E-state index contributed by atoms with van der Waals surface area (Å²) in [6.07, 6.45) is 0.982. The van der Waals surface area contributed by atoms with Crippen LogP contribution in [0.2, 0.25) is 0 Å². The lowest BCUT2D eigenvalue weighted by Gasteiger charge is -2.20. The minimum absolute atomic E-state index is 0.338. The van der Waals surface area contributed by atoms with Gasteiger partial charge >= 0.3 is 0 Å². The molecule has 0 amide bonds. The molecule has 20 heavy (non-hydrogen) atoms. The van der Waals surface area contributed by atoms with Gasteiger partial charge in [-0.2, -0.15) is 0 Å². The molecular weight excluding hydrogens is 378 g/mol. The summed E-state index contributed by atoms with van der Waals surface area (Å²) in [5.41, 5.74) is 3.94. The minimum atomic E-state index is 0.338. The van der Waals surface area contributed by atoms with Gasteiger partial charge in [0.1, 0.15) is 0 Å². The highest BCUT2D eigenvalue weighted by atomic mass is 79.9. The van der Waals surface area contributed by atoms with Crippen LogP contribution in [0.25, 0.3) is 0 Å². The topological polar surface area (TPSA) is 12.0 Å². The summed E-state index contributed by atoms with van der Waals surface area (Å²) < 4.78 is 2.34. The Morgan fingerprint density at radius 1 is 1.05 bits per heavy atom. The largest absolute Gasteiger partial charge is 0.310 e. The molecule has 1 atom stereocenters. The average molecular weight is 397 g/mol. The molecule has 0 radical (unpaired) electrons. The summed E-state index contributed by atoms with van der Waals surface area (Å²) >= 11 is 7.21. The fourth-order valence-electron chi connectivity index (χ4n) is 2.32. The van der Waals surface area contributed by atoms with Crippen molar-refractivity contribution in [2.75, 3.05) is 6.54 Å². The zero-order chi connectivity index (χ0) is 14.5. The van der Waals surface area contributed by atoms with E-state index in [1.807, 2.05) is 0 Å². The van der Waals surface area contributed by atoms with Gasteiger partial charge in [0, 0.05) is 15.0 Å². The molecular formula is C17H19Br2N. The smallest absolute Gasteiger partial charge is 0.0361 e. The number of benzene rings is 2. The quantitative estimate of drug-likeness (QED) is 0.711. The van der Waals surface area contributed by atoms with Crippen molar-refractivity contribution in [2.45, 2.75) is 26.3 Å². The molecule has 0 saturated carbocycles. The lowest BCUT2D eigenvalue weighted by molar-refractivity contribution is 0.548. The Hall–Kier alpha value is -0.640. The highest BCUT2D eigenvalue weighted by Crippen LogP contribution is 2.26. The maximum Gasteiger partial charge on any atom is 0.0361 e. The third-order valence-electron chi connectivity index (χ3n) is 3.42. The van der Waals surface area contributed by atoms with E-state index >= 15 is 0 Å². The number of nitrogens with one attached hydrogen (secondary N) is 1. The van der Waals surface area contributed by atoms with E-state index in [0.29, 0.717) is 6.04 Å². The molecule has 0 aliphatic rings. The van der Waals surface area contributed by atoms with E-state index in [9.17, 15) is 0 Å². The Kier molecular flexibility index (Phi) is 5.82. The third-order valence-corrected chi connectivity index (χ3v) is 5.08. The van der Waals surface area contributed by atoms with E-state index in [1.165, 1.54) is 21.2 Å². The van der Waals surface area contributed by atoms with Crippen LogP contribution >= 0.6 is 31.9 Å². The predicted molar refractivity (Wildman–Crippen MR) is 93.1 cm³/mol. The van der Waals surface area contributed by atoms with Gasteiger partial charge in [-0.15, -0.1) is 0 Å². The first-order valence-electron chi connectivity index (χ1n) is 6.84. The van der Waals surface area contributed by atoms with Crippen molar-refractivity contribution in [3.8, 4) is 0 Å². The van der Waals surface area contributed by atoms with E-state index < -0.39 is 0 Å². The molecule has 3 heteroatoms. The Morgan fingerprint density at radius 3 is 2.45 bits per heavy atom. The van der Waals surface area contributed by atoms with Crippen LogP contribution in [-0.4, -0.2) is 6.54 Å². The lowest BCUT2D eigenvalue weighted by Crippen LogP contribution is -2.23. The molecule has 0 fully saturated rings. The number of hydrogen-bond acceptors (Lipinski definition) is 1. The molecule has 106 valence electrons. The fourth-order valence-corrected chi connectivity index (χ4v) is 3.02. The third kappa shape index (κ3) is 3.94. The lowest BCUT2D eigenvalue weighted by atomic mass is 9.97. The Balaban J connectivity index is 2.27. The number of rotatable bonds is 5. The van der Waals surface area contributed by atoms with Crippen LogP contribution < -0.4 is 5.32 Å². The van der Waals surface area contributed by atoms with E-state index in [4.69, 9.17) is 0 Å². The van der Waals surface area contributed by atoms with E-state index in [-0.39, 0.29) is 0 Å². The van der Waals surface area contributed by atoms with Gasteiger partial charge in [-0.25, -0.2) is 0 Å². The van der Waals surface area contributed by atoms with E-state index in [1.54, 1.807) is 0 Å². The SMILES string of the molecule is CCNC(Cc1ccccc1Br)c1ccc(Br)c(C)c1. The van der Waals surface area contributed by atoms with E-state index in [0.717, 1.165) is 17.4 Å². The molecule has 0 heterocycles. The van der Waals surface area contributed by atoms with Gasteiger partial charge in [-0.3, -0.25) is 0 Å². The second-order valence-electron chi connectivity index (χ2n) is 4.91. The molecule has 0 aromatic heterocycles. The van der Waals surface area contributed by atoms with Crippen LogP contribution in [0.5, 0.6) is 0 Å². The zero-order valence-electron chi connectivity index (χ0n) is 11.8. The van der Waals surface area contributed by atoms with E-state index in [2.05, 4.69) is 93.5 Å². The number of likely N-dealkylation sites (N-methyl/N-ethyl adjacent to an activating group) is 1. The minimum Gasteiger partial charge on any atom is -0.310 e. The highest BCUT2D eigenvalue weighted by molar-refractivity contribution is 9.10. The summed E-state index contributed by atoms with van der Waals surface area (Å²) in [6.45, 7) is 5.25. The molecule has 0 bridgehead atoms. The standard InChI is InChI=1S/C17H19Br2N/c1-3-20-17(11-13-6-4-5-7-16(13)19)14-8-9-15(18)12(2)10-14/h4-10,17,20H,3,11H2,1-2H3. The summed E-state index contributed by atoms with van der Waals surface area (Å²) in [4.78, 5) is 0. The van der Waals surface area contributed by atoms with Crippen LogP contribution in [0.3, 0.4) is 0 Å². The van der Waals surface area contributed by atoms with Crippen LogP contribution in [-0.2, 0) is 6.42 Å².